The molecule has 2 saturated heterocycles. The van der Waals surface area contributed by atoms with E-state index < -0.39 is 0 Å². The van der Waals surface area contributed by atoms with Crippen molar-refractivity contribution in [3.63, 3.8) is 0 Å². The van der Waals surface area contributed by atoms with Gasteiger partial charge in [0.2, 0.25) is 0 Å². The molecule has 2 atom stereocenters. The second kappa shape index (κ2) is 7.08. The van der Waals surface area contributed by atoms with E-state index in [1.54, 1.807) is 12.5 Å². The van der Waals surface area contributed by atoms with Crippen molar-refractivity contribution in [1.82, 2.24) is 19.6 Å². The Labute approximate surface area is 180 Å². The highest BCUT2D eigenvalue weighted by atomic mass is 35.5. The van der Waals surface area contributed by atoms with Gasteiger partial charge in [0.25, 0.3) is 0 Å². The van der Waals surface area contributed by atoms with Crippen LogP contribution >= 0.6 is 11.6 Å². The maximum absolute atomic E-state index is 6.48. The standard InChI is InChI=1S/C21H26ClN7O/c1-12-9-15(28-7-4-21(5-8-28)10-30-13(2)18(21)23)29-11-26-27-20(29)16(12)14-3-6-25-19(24)17(14)22/h3,6,9,11,13,18H,4-5,7-8,10,23H2,1-2H3,(H2,24,25). The van der Waals surface area contributed by atoms with Crippen LogP contribution < -0.4 is 16.4 Å². The molecule has 5 rings (SSSR count). The fourth-order valence-corrected chi connectivity index (χ4v) is 5.17. The summed E-state index contributed by atoms with van der Waals surface area (Å²) in [6.45, 7) is 6.72. The average molecular weight is 428 g/mol. The third-order valence-corrected chi connectivity index (χ3v) is 7.27. The molecular weight excluding hydrogens is 402 g/mol. The predicted octanol–water partition coefficient (Wildman–Crippen LogP) is 2.67. The van der Waals surface area contributed by atoms with Gasteiger partial charge in [-0.25, -0.2) is 4.98 Å². The van der Waals surface area contributed by atoms with E-state index in [-0.39, 0.29) is 17.6 Å². The largest absolute Gasteiger partial charge is 0.382 e. The zero-order valence-electron chi connectivity index (χ0n) is 17.2. The maximum atomic E-state index is 6.48. The van der Waals surface area contributed by atoms with Gasteiger partial charge in [-0.2, -0.15) is 0 Å². The fraction of sp³-hybridized carbons (Fsp3) is 0.476. The Morgan fingerprint density at radius 2 is 2.07 bits per heavy atom. The van der Waals surface area contributed by atoms with Crippen molar-refractivity contribution in [3.8, 4) is 11.1 Å². The average Bonchev–Trinajstić information content (AvgIpc) is 3.32. The van der Waals surface area contributed by atoms with Crippen LogP contribution in [0.3, 0.4) is 0 Å². The predicted molar refractivity (Wildman–Crippen MR) is 118 cm³/mol. The summed E-state index contributed by atoms with van der Waals surface area (Å²) < 4.78 is 7.89. The summed E-state index contributed by atoms with van der Waals surface area (Å²) in [4.78, 5) is 6.46. The van der Waals surface area contributed by atoms with Gasteiger partial charge >= 0.3 is 0 Å². The van der Waals surface area contributed by atoms with Crippen molar-refractivity contribution in [1.29, 1.82) is 0 Å². The van der Waals surface area contributed by atoms with E-state index in [1.807, 2.05) is 10.5 Å². The summed E-state index contributed by atoms with van der Waals surface area (Å²) in [6.07, 6.45) is 5.56. The molecular formula is C21H26ClN7O. The number of nitrogens with two attached hydrogens (primary N) is 2. The molecule has 2 unspecified atom stereocenters. The van der Waals surface area contributed by atoms with Gasteiger partial charge < -0.3 is 21.1 Å². The van der Waals surface area contributed by atoms with Gasteiger partial charge in [0.1, 0.15) is 18.0 Å². The number of pyridine rings is 2. The first-order valence-corrected chi connectivity index (χ1v) is 10.6. The summed E-state index contributed by atoms with van der Waals surface area (Å²) >= 11 is 6.47. The molecule has 0 saturated carbocycles. The van der Waals surface area contributed by atoms with Crippen LogP contribution in [0.5, 0.6) is 0 Å². The minimum absolute atomic E-state index is 0.0826. The van der Waals surface area contributed by atoms with Crippen molar-refractivity contribution in [2.45, 2.75) is 38.8 Å². The first-order valence-electron chi connectivity index (χ1n) is 10.3. The van der Waals surface area contributed by atoms with E-state index in [1.165, 1.54) is 0 Å². The third-order valence-electron chi connectivity index (χ3n) is 6.87. The Morgan fingerprint density at radius 1 is 1.30 bits per heavy atom. The zero-order valence-corrected chi connectivity index (χ0v) is 17.9. The number of hydrogen-bond donors (Lipinski definition) is 2. The lowest BCUT2D eigenvalue weighted by molar-refractivity contribution is 0.0974. The molecule has 0 bridgehead atoms. The summed E-state index contributed by atoms with van der Waals surface area (Å²) in [7, 11) is 0. The van der Waals surface area contributed by atoms with Crippen LogP contribution in [-0.4, -0.2) is 51.4 Å². The molecule has 2 aliphatic heterocycles. The Kier molecular flexibility index (Phi) is 4.61. The lowest BCUT2D eigenvalue weighted by atomic mass is 9.73. The molecule has 5 heterocycles. The molecule has 30 heavy (non-hydrogen) atoms. The second-order valence-corrected chi connectivity index (χ2v) is 8.91. The number of piperidine rings is 1. The molecule has 0 amide bonds. The molecule has 158 valence electrons. The van der Waals surface area contributed by atoms with Gasteiger partial charge in [-0.15, -0.1) is 10.2 Å². The van der Waals surface area contributed by atoms with Crippen LogP contribution in [0.4, 0.5) is 11.6 Å². The highest BCUT2D eigenvalue weighted by Crippen LogP contribution is 2.43. The Balaban J connectivity index is 1.52. The first kappa shape index (κ1) is 19.5. The smallest absolute Gasteiger partial charge is 0.170 e. The summed E-state index contributed by atoms with van der Waals surface area (Å²) in [5.74, 6) is 1.38. The Bertz CT molecular complexity index is 1110. The van der Waals surface area contributed by atoms with E-state index in [4.69, 9.17) is 27.8 Å². The summed E-state index contributed by atoms with van der Waals surface area (Å²) in [5, 5.41) is 9.02. The maximum Gasteiger partial charge on any atom is 0.170 e. The molecule has 8 nitrogen and oxygen atoms in total. The van der Waals surface area contributed by atoms with Crippen LogP contribution in [-0.2, 0) is 4.74 Å². The molecule has 2 aliphatic rings. The van der Waals surface area contributed by atoms with Gasteiger partial charge in [-0.3, -0.25) is 4.40 Å². The highest BCUT2D eigenvalue weighted by Gasteiger charge is 2.47. The molecule has 2 fully saturated rings. The van der Waals surface area contributed by atoms with E-state index in [9.17, 15) is 0 Å². The van der Waals surface area contributed by atoms with Crippen molar-refractivity contribution in [2.24, 2.45) is 11.1 Å². The first-order chi connectivity index (χ1) is 14.4. The minimum atomic E-state index is 0.0826. The molecule has 3 aromatic rings. The van der Waals surface area contributed by atoms with Crippen LogP contribution in [0.2, 0.25) is 5.02 Å². The lowest BCUT2D eigenvalue weighted by Crippen LogP contribution is -2.50. The van der Waals surface area contributed by atoms with Crippen molar-refractivity contribution < 1.29 is 4.74 Å². The van der Waals surface area contributed by atoms with Crippen LogP contribution in [0.15, 0.2) is 24.7 Å². The van der Waals surface area contributed by atoms with E-state index >= 15 is 0 Å². The molecule has 9 heteroatoms. The molecule has 3 aromatic heterocycles. The number of nitrogens with zero attached hydrogens (tertiary/aromatic N) is 5. The van der Waals surface area contributed by atoms with Crippen LogP contribution in [0, 0.1) is 12.3 Å². The van der Waals surface area contributed by atoms with Crippen molar-refractivity contribution in [2.75, 3.05) is 30.3 Å². The van der Waals surface area contributed by atoms with Gasteiger partial charge in [0, 0.05) is 41.9 Å². The van der Waals surface area contributed by atoms with Crippen molar-refractivity contribution in [3.05, 3.63) is 35.2 Å². The Morgan fingerprint density at radius 3 is 2.77 bits per heavy atom. The topological polar surface area (TPSA) is 108 Å². The number of anilines is 2. The van der Waals surface area contributed by atoms with Gasteiger partial charge in [-0.05, 0) is 44.4 Å². The van der Waals surface area contributed by atoms with Gasteiger partial charge in [0.05, 0.1) is 17.7 Å². The third kappa shape index (κ3) is 2.85. The second-order valence-electron chi connectivity index (χ2n) is 8.53. The number of aromatic nitrogens is 4. The van der Waals surface area contributed by atoms with Crippen LogP contribution in [0.25, 0.3) is 16.8 Å². The van der Waals surface area contributed by atoms with E-state index in [0.29, 0.717) is 10.8 Å². The Hall–Kier alpha value is -2.42. The highest BCUT2D eigenvalue weighted by molar-refractivity contribution is 6.35. The molecule has 0 aliphatic carbocycles. The number of aryl methyl sites for hydroxylation is 1. The lowest BCUT2D eigenvalue weighted by Gasteiger charge is -2.42. The SMILES string of the molecule is Cc1cc(N2CCC3(CC2)COC(C)C3N)n2cnnc2c1-c1ccnc(N)c1Cl. The number of ether oxygens (including phenoxy) is 1. The zero-order chi connectivity index (χ0) is 21.0. The molecule has 0 aromatic carbocycles. The summed E-state index contributed by atoms with van der Waals surface area (Å²) in [5.41, 5.74) is 16.1. The van der Waals surface area contributed by atoms with E-state index in [2.05, 4.69) is 40.0 Å². The van der Waals surface area contributed by atoms with E-state index in [0.717, 1.165) is 60.7 Å². The van der Waals surface area contributed by atoms with Gasteiger partial charge in [-0.1, -0.05) is 11.6 Å². The van der Waals surface area contributed by atoms with Crippen molar-refractivity contribution >= 4 is 28.9 Å². The van der Waals surface area contributed by atoms with Gasteiger partial charge in [0.15, 0.2) is 5.65 Å². The number of fused-ring (bicyclic) bond motifs is 1. The number of hydrogen-bond acceptors (Lipinski definition) is 7. The molecule has 1 spiro atoms. The normalized spacial score (nSPS) is 23.5. The van der Waals surface area contributed by atoms with Crippen LogP contribution in [0.1, 0.15) is 25.3 Å². The molecule has 4 N–H and O–H groups in total. The number of halogens is 1. The minimum Gasteiger partial charge on any atom is -0.382 e. The number of nitrogen functional groups attached to an aromatic ring is 1. The fourth-order valence-electron chi connectivity index (χ4n) is 4.97. The number of rotatable bonds is 2. The molecule has 0 radical (unpaired) electrons. The summed E-state index contributed by atoms with van der Waals surface area (Å²) in [6, 6.07) is 4.13. The monoisotopic (exact) mass is 427 g/mol. The quantitative estimate of drug-likeness (QED) is 0.647.